The van der Waals surface area contributed by atoms with Crippen LogP contribution in [-0.4, -0.2) is 23.0 Å². The third kappa shape index (κ3) is 11.0. The predicted octanol–water partition coefficient (Wildman–Crippen LogP) is 13.8. The Morgan fingerprint density at radius 2 is 0.419 bits per heavy atom. The Morgan fingerprint density at radius 3 is 0.628 bits per heavy atom. The molecule has 0 aromatic carbocycles. The van der Waals surface area contributed by atoms with Crippen LogP contribution in [0.5, 0.6) is 0 Å². The largest absolute Gasteiger partial charge is 0.294 e. The number of hydrogen-bond donors (Lipinski definition) is 0. The normalized spacial score (nSPS) is 35.0. The summed E-state index contributed by atoms with van der Waals surface area (Å²) in [5.74, 6) is 6.55. The van der Waals surface area contributed by atoms with E-state index in [0.29, 0.717) is 0 Å². The average molecular weight is 600 g/mol. The van der Waals surface area contributed by atoms with Crippen molar-refractivity contribution in [3.05, 3.63) is 0 Å². The van der Waals surface area contributed by atoms with Crippen molar-refractivity contribution in [2.24, 2.45) is 35.5 Å². The van der Waals surface area contributed by atoms with Gasteiger partial charge >= 0.3 is 0 Å². The van der Waals surface area contributed by atoms with Crippen LogP contribution < -0.4 is 0 Å². The molecule has 0 aromatic rings. The highest BCUT2D eigenvalue weighted by molar-refractivity contribution is 4.95. The summed E-state index contributed by atoms with van der Waals surface area (Å²) in [7, 11) is 0. The average Bonchev–Trinajstić information content (AvgIpc) is 3.13. The molecular weight excluding hydrogens is 518 g/mol. The number of rotatable bonds is 6. The predicted molar refractivity (Wildman–Crippen MR) is 193 cm³/mol. The van der Waals surface area contributed by atoms with E-state index in [4.69, 9.17) is 0 Å². The van der Waals surface area contributed by atoms with Crippen molar-refractivity contribution in [3.63, 3.8) is 0 Å². The summed E-state index contributed by atoms with van der Waals surface area (Å²) >= 11 is 0. The molecule has 0 spiro atoms. The van der Waals surface area contributed by atoms with Crippen LogP contribution in [0, 0.1) is 35.5 Å². The molecule has 0 radical (unpaired) electrons. The lowest BCUT2D eigenvalue weighted by Gasteiger charge is -2.51. The molecule has 0 saturated heterocycles. The van der Waals surface area contributed by atoms with Gasteiger partial charge in [-0.2, -0.15) is 0 Å². The van der Waals surface area contributed by atoms with E-state index in [1.165, 1.54) is 57.8 Å². The van der Waals surface area contributed by atoms with E-state index in [0.717, 1.165) is 53.6 Å². The van der Waals surface area contributed by atoms with Gasteiger partial charge in [0.1, 0.15) is 0 Å². The van der Waals surface area contributed by atoms with E-state index < -0.39 is 0 Å². The standard InChI is InChI=1S/C36H63N.3C2H6/c1-4-10-28(11-5-1)31-16-22-34(23-17-31)37(35-24-18-32(19-25-35)29-12-6-2-7-13-29)36-26-20-33(21-27-36)30-14-8-3-9-15-30;3*1-2/h28-36H,1-27H2;3*1-2H3. The fraction of sp³-hybridized carbons (Fsp3) is 1.00. The molecule has 0 N–H and O–H groups in total. The summed E-state index contributed by atoms with van der Waals surface area (Å²) < 4.78 is 0. The molecule has 6 aliphatic carbocycles. The first-order valence-corrected chi connectivity index (χ1v) is 21.1. The fourth-order valence-electron chi connectivity index (χ4n) is 11.3. The molecule has 6 aliphatic rings. The van der Waals surface area contributed by atoms with Gasteiger partial charge in [0.05, 0.1) is 0 Å². The third-order valence-electron chi connectivity index (χ3n) is 13.4. The molecule has 6 rings (SSSR count). The minimum Gasteiger partial charge on any atom is -0.294 e. The maximum absolute atomic E-state index is 3.28. The Kier molecular flexibility index (Phi) is 18.9. The molecule has 0 aliphatic heterocycles. The van der Waals surface area contributed by atoms with Gasteiger partial charge in [-0.1, -0.05) is 138 Å². The Hall–Kier alpha value is -0.0400. The monoisotopic (exact) mass is 600 g/mol. The third-order valence-corrected chi connectivity index (χ3v) is 13.4. The van der Waals surface area contributed by atoms with Gasteiger partial charge in [-0.05, 0) is 113 Å². The van der Waals surface area contributed by atoms with Crippen molar-refractivity contribution >= 4 is 0 Å². The molecule has 0 aromatic heterocycles. The number of nitrogens with zero attached hydrogens (tertiary/aromatic N) is 1. The highest BCUT2D eigenvalue weighted by Gasteiger charge is 2.41. The van der Waals surface area contributed by atoms with Crippen LogP contribution >= 0.6 is 0 Å². The van der Waals surface area contributed by atoms with Crippen molar-refractivity contribution in [3.8, 4) is 0 Å². The Bertz CT molecular complexity index is 539. The summed E-state index contributed by atoms with van der Waals surface area (Å²) in [5, 5.41) is 0. The van der Waals surface area contributed by atoms with Crippen LogP contribution in [0.3, 0.4) is 0 Å². The van der Waals surface area contributed by atoms with Crippen LogP contribution in [0.25, 0.3) is 0 Å². The fourth-order valence-corrected chi connectivity index (χ4v) is 11.3. The quantitative estimate of drug-likeness (QED) is 0.293. The second-order valence-corrected chi connectivity index (χ2v) is 15.3. The Morgan fingerprint density at radius 1 is 0.233 bits per heavy atom. The second kappa shape index (κ2) is 21.7. The van der Waals surface area contributed by atoms with E-state index in [1.807, 2.05) is 41.5 Å². The zero-order valence-electron chi connectivity index (χ0n) is 30.7. The highest BCUT2D eigenvalue weighted by atomic mass is 15.2. The lowest BCUT2D eigenvalue weighted by Crippen LogP contribution is -2.53. The summed E-state index contributed by atoms with van der Waals surface area (Å²) in [4.78, 5) is 3.28. The molecule has 43 heavy (non-hydrogen) atoms. The minimum atomic E-state index is 0.937. The van der Waals surface area contributed by atoms with E-state index in [1.54, 1.807) is 116 Å². The number of hydrogen-bond acceptors (Lipinski definition) is 1. The highest BCUT2D eigenvalue weighted by Crippen LogP contribution is 2.46. The van der Waals surface area contributed by atoms with E-state index >= 15 is 0 Å². The van der Waals surface area contributed by atoms with Gasteiger partial charge in [0, 0.05) is 18.1 Å². The molecule has 254 valence electrons. The summed E-state index contributed by atoms with van der Waals surface area (Å²) in [6, 6.07) is 2.81. The molecule has 1 nitrogen and oxygen atoms in total. The van der Waals surface area contributed by atoms with Crippen molar-refractivity contribution < 1.29 is 0 Å². The van der Waals surface area contributed by atoms with Gasteiger partial charge < -0.3 is 0 Å². The summed E-state index contributed by atoms with van der Waals surface area (Å²) in [6.07, 6.45) is 41.9. The van der Waals surface area contributed by atoms with E-state index in [-0.39, 0.29) is 0 Å². The molecule has 0 amide bonds. The van der Waals surface area contributed by atoms with Crippen LogP contribution in [0.4, 0.5) is 0 Å². The smallest absolute Gasteiger partial charge is 0.0101 e. The van der Waals surface area contributed by atoms with Gasteiger partial charge in [-0.25, -0.2) is 0 Å². The first-order chi connectivity index (χ1) is 21.3. The first-order valence-electron chi connectivity index (χ1n) is 21.1. The Labute approximate surface area is 272 Å². The molecule has 0 heterocycles. The van der Waals surface area contributed by atoms with Gasteiger partial charge in [-0.3, -0.25) is 4.90 Å². The van der Waals surface area contributed by atoms with E-state index in [2.05, 4.69) is 4.90 Å². The van der Waals surface area contributed by atoms with Gasteiger partial charge in [0.2, 0.25) is 0 Å². The van der Waals surface area contributed by atoms with Crippen LogP contribution in [0.1, 0.15) is 215 Å². The minimum absolute atomic E-state index is 0.937. The van der Waals surface area contributed by atoms with Crippen molar-refractivity contribution in [2.45, 2.75) is 233 Å². The molecule has 6 fully saturated rings. The van der Waals surface area contributed by atoms with Crippen LogP contribution in [0.2, 0.25) is 0 Å². The molecule has 0 unspecified atom stereocenters. The van der Waals surface area contributed by atoms with Crippen molar-refractivity contribution in [2.75, 3.05) is 0 Å². The molecule has 1 heteroatoms. The zero-order chi connectivity index (χ0) is 30.9. The Balaban J connectivity index is 0.000000796. The second-order valence-electron chi connectivity index (χ2n) is 15.3. The van der Waals surface area contributed by atoms with E-state index in [9.17, 15) is 0 Å². The topological polar surface area (TPSA) is 3.24 Å². The molecule has 0 bridgehead atoms. The zero-order valence-corrected chi connectivity index (χ0v) is 30.7. The maximum Gasteiger partial charge on any atom is 0.0101 e. The maximum atomic E-state index is 3.28. The molecular formula is C42H81N. The summed E-state index contributed by atoms with van der Waals surface area (Å²) in [6.45, 7) is 12.0. The van der Waals surface area contributed by atoms with Crippen molar-refractivity contribution in [1.82, 2.24) is 4.90 Å². The summed E-state index contributed by atoms with van der Waals surface area (Å²) in [5.41, 5.74) is 0. The first kappa shape index (κ1) is 37.4. The van der Waals surface area contributed by atoms with Gasteiger partial charge in [-0.15, -0.1) is 0 Å². The molecule has 6 saturated carbocycles. The lowest BCUT2D eigenvalue weighted by molar-refractivity contribution is -0.0107. The van der Waals surface area contributed by atoms with Gasteiger partial charge in [0.25, 0.3) is 0 Å². The SMILES string of the molecule is C1CCC(C2CCC(N(C3CCC(C4CCCCC4)CC3)C3CCC(C4CCCCC4)CC3)CC2)CC1.CC.CC.CC. The van der Waals surface area contributed by atoms with Crippen LogP contribution in [-0.2, 0) is 0 Å². The lowest BCUT2D eigenvalue weighted by atomic mass is 9.69. The van der Waals surface area contributed by atoms with Crippen LogP contribution in [0.15, 0.2) is 0 Å². The van der Waals surface area contributed by atoms with Gasteiger partial charge in [0.15, 0.2) is 0 Å². The van der Waals surface area contributed by atoms with Crippen molar-refractivity contribution in [1.29, 1.82) is 0 Å². The molecule has 0 atom stereocenters.